The predicted octanol–water partition coefficient (Wildman–Crippen LogP) is 4.35. The molecule has 120 valence electrons. The molecule has 5 heteroatoms. The van der Waals surface area contributed by atoms with E-state index < -0.39 is 18.3 Å². The number of halogens is 2. The van der Waals surface area contributed by atoms with Gasteiger partial charge >= 0.3 is 6.09 Å². The Hall–Kier alpha value is -1.88. The van der Waals surface area contributed by atoms with Crippen molar-refractivity contribution in [3.05, 3.63) is 70.2 Å². The van der Waals surface area contributed by atoms with Crippen LogP contribution in [-0.2, 0) is 17.8 Å². The van der Waals surface area contributed by atoms with Gasteiger partial charge in [0.2, 0.25) is 0 Å². The van der Waals surface area contributed by atoms with Gasteiger partial charge in [0, 0.05) is 4.47 Å². The molecule has 0 aliphatic carbocycles. The van der Waals surface area contributed by atoms with Crippen LogP contribution in [0.4, 0.5) is 9.18 Å². The van der Waals surface area contributed by atoms with Crippen molar-refractivity contribution in [2.24, 2.45) is 0 Å². The number of amides is 1. The topological polar surface area (TPSA) is 29.5 Å². The third-order valence-electron chi connectivity index (χ3n) is 3.99. The van der Waals surface area contributed by atoms with Crippen LogP contribution in [0.3, 0.4) is 0 Å². The molecule has 1 amide bonds. The second kappa shape index (κ2) is 7.13. The van der Waals surface area contributed by atoms with Gasteiger partial charge in [-0.15, -0.1) is 0 Å². The molecule has 0 spiro atoms. The number of ether oxygens (including phenoxy) is 1. The van der Waals surface area contributed by atoms with Gasteiger partial charge in [0.15, 0.2) is 0 Å². The molecule has 1 aliphatic heterocycles. The number of hydrogen-bond donors (Lipinski definition) is 0. The molecule has 0 N–H and O–H groups in total. The molecule has 1 heterocycles. The monoisotopic (exact) mass is 377 g/mol. The number of likely N-dealkylation sites (tertiary alicyclic amines) is 1. The first-order valence-electron chi connectivity index (χ1n) is 7.49. The molecule has 0 bridgehead atoms. The fourth-order valence-corrected chi connectivity index (χ4v) is 2.88. The minimum absolute atomic E-state index is 0.106. The smallest absolute Gasteiger partial charge is 0.410 e. The summed E-state index contributed by atoms with van der Waals surface area (Å²) >= 11 is 3.37. The molecular weight excluding hydrogens is 361 g/mol. The Morgan fingerprint density at radius 1 is 1.13 bits per heavy atom. The van der Waals surface area contributed by atoms with E-state index in [1.165, 1.54) is 4.90 Å². The number of rotatable bonds is 4. The Bertz CT molecular complexity index is 662. The molecule has 0 radical (unpaired) electrons. The highest BCUT2D eigenvalue weighted by Crippen LogP contribution is 2.26. The summed E-state index contributed by atoms with van der Waals surface area (Å²) in [5, 5.41) is 0. The zero-order valence-electron chi connectivity index (χ0n) is 12.5. The number of hydrogen-bond acceptors (Lipinski definition) is 2. The molecule has 1 fully saturated rings. The van der Waals surface area contributed by atoms with Crippen molar-refractivity contribution < 1.29 is 13.9 Å². The average molecular weight is 378 g/mol. The van der Waals surface area contributed by atoms with Gasteiger partial charge in [-0.3, -0.25) is 4.90 Å². The highest BCUT2D eigenvalue weighted by Gasteiger charge is 2.43. The Balaban J connectivity index is 1.56. The molecule has 3 nitrogen and oxygen atoms in total. The summed E-state index contributed by atoms with van der Waals surface area (Å²) < 4.78 is 20.1. The summed E-state index contributed by atoms with van der Waals surface area (Å²) in [7, 11) is 0. The van der Waals surface area contributed by atoms with Gasteiger partial charge in [0.05, 0.1) is 12.6 Å². The lowest BCUT2D eigenvalue weighted by Gasteiger charge is -2.43. The molecule has 0 aromatic heterocycles. The predicted molar refractivity (Wildman–Crippen MR) is 89.9 cm³/mol. The van der Waals surface area contributed by atoms with E-state index in [0.29, 0.717) is 6.42 Å². The Morgan fingerprint density at radius 2 is 1.83 bits per heavy atom. The van der Waals surface area contributed by atoms with E-state index in [1.54, 1.807) is 0 Å². The van der Waals surface area contributed by atoms with Crippen LogP contribution in [0, 0.1) is 0 Å². The van der Waals surface area contributed by atoms with Crippen LogP contribution in [0.5, 0.6) is 0 Å². The van der Waals surface area contributed by atoms with Crippen LogP contribution in [0.2, 0.25) is 0 Å². The summed E-state index contributed by atoms with van der Waals surface area (Å²) in [5.74, 6) is 0. The molecule has 0 unspecified atom stereocenters. The lowest BCUT2D eigenvalue weighted by molar-refractivity contribution is -0.0132. The van der Waals surface area contributed by atoms with Crippen molar-refractivity contribution in [3.63, 3.8) is 0 Å². The van der Waals surface area contributed by atoms with Crippen LogP contribution in [0.25, 0.3) is 0 Å². The van der Waals surface area contributed by atoms with E-state index in [9.17, 15) is 9.18 Å². The van der Waals surface area contributed by atoms with Crippen LogP contribution in [0.1, 0.15) is 11.1 Å². The van der Waals surface area contributed by atoms with Gasteiger partial charge in [-0.2, -0.15) is 0 Å². The fourth-order valence-electron chi connectivity index (χ4n) is 2.61. The molecule has 2 aromatic rings. The van der Waals surface area contributed by atoms with Crippen molar-refractivity contribution in [2.75, 3.05) is 6.54 Å². The van der Waals surface area contributed by atoms with Gasteiger partial charge in [0.1, 0.15) is 12.8 Å². The SMILES string of the molecule is O=C(OCc1ccccc1)N1C[C@H](F)[C@@H]1Cc1ccc(Br)cc1. The zero-order valence-corrected chi connectivity index (χ0v) is 14.1. The Kier molecular flexibility index (Phi) is 4.96. The van der Waals surface area contributed by atoms with E-state index in [4.69, 9.17) is 4.74 Å². The van der Waals surface area contributed by atoms with E-state index in [1.807, 2.05) is 54.6 Å². The Morgan fingerprint density at radius 3 is 2.48 bits per heavy atom. The third-order valence-corrected chi connectivity index (χ3v) is 4.52. The van der Waals surface area contributed by atoms with Crippen LogP contribution in [-0.4, -0.2) is 29.8 Å². The number of carbonyl (C=O) groups excluding carboxylic acids is 1. The van der Waals surface area contributed by atoms with Crippen LogP contribution in [0.15, 0.2) is 59.1 Å². The summed E-state index contributed by atoms with van der Waals surface area (Å²) in [4.78, 5) is 13.6. The molecule has 3 rings (SSSR count). The molecule has 2 aromatic carbocycles. The zero-order chi connectivity index (χ0) is 16.2. The highest BCUT2D eigenvalue weighted by atomic mass is 79.9. The first-order chi connectivity index (χ1) is 11.1. The lowest BCUT2D eigenvalue weighted by atomic mass is 9.94. The lowest BCUT2D eigenvalue weighted by Crippen LogP contribution is -2.61. The average Bonchev–Trinajstić information content (AvgIpc) is 2.58. The molecule has 1 saturated heterocycles. The second-order valence-electron chi connectivity index (χ2n) is 5.61. The van der Waals surface area contributed by atoms with Gasteiger partial charge < -0.3 is 4.74 Å². The van der Waals surface area contributed by atoms with E-state index in [2.05, 4.69) is 15.9 Å². The molecule has 2 atom stereocenters. The first kappa shape index (κ1) is 16.0. The van der Waals surface area contributed by atoms with Crippen LogP contribution < -0.4 is 0 Å². The summed E-state index contributed by atoms with van der Waals surface area (Å²) in [6.45, 7) is 0.312. The minimum atomic E-state index is -0.997. The second-order valence-corrected chi connectivity index (χ2v) is 6.52. The van der Waals surface area contributed by atoms with Gasteiger partial charge in [0.25, 0.3) is 0 Å². The maximum absolute atomic E-state index is 13.9. The highest BCUT2D eigenvalue weighted by molar-refractivity contribution is 9.10. The van der Waals surface area contributed by atoms with Gasteiger partial charge in [-0.25, -0.2) is 9.18 Å². The maximum Gasteiger partial charge on any atom is 0.410 e. The van der Waals surface area contributed by atoms with Crippen molar-refractivity contribution in [1.29, 1.82) is 0 Å². The maximum atomic E-state index is 13.9. The normalized spacial score (nSPS) is 20.0. The summed E-state index contributed by atoms with van der Waals surface area (Å²) in [6, 6.07) is 16.7. The van der Waals surface area contributed by atoms with Crippen molar-refractivity contribution in [1.82, 2.24) is 4.90 Å². The largest absolute Gasteiger partial charge is 0.445 e. The van der Waals surface area contributed by atoms with Crippen molar-refractivity contribution in [2.45, 2.75) is 25.2 Å². The van der Waals surface area contributed by atoms with E-state index in [0.717, 1.165) is 15.6 Å². The van der Waals surface area contributed by atoms with Gasteiger partial charge in [-0.05, 0) is 29.7 Å². The summed E-state index contributed by atoms with van der Waals surface area (Å²) in [5.41, 5.74) is 1.92. The van der Waals surface area contributed by atoms with E-state index >= 15 is 0 Å². The molecule has 0 saturated carbocycles. The standard InChI is InChI=1S/C18H17BrFNO2/c19-15-8-6-13(7-9-15)10-17-16(20)11-21(17)18(22)23-12-14-4-2-1-3-5-14/h1-9,16-17H,10-12H2/t16-,17-/m0/s1. The number of benzene rings is 2. The number of carbonyl (C=O) groups is 1. The van der Waals surface area contributed by atoms with Crippen molar-refractivity contribution in [3.8, 4) is 0 Å². The van der Waals surface area contributed by atoms with Gasteiger partial charge in [-0.1, -0.05) is 58.4 Å². The number of nitrogens with zero attached hydrogens (tertiary/aromatic N) is 1. The van der Waals surface area contributed by atoms with Crippen LogP contribution >= 0.6 is 15.9 Å². The summed E-state index contributed by atoms with van der Waals surface area (Å²) in [6.07, 6.45) is -0.956. The first-order valence-corrected chi connectivity index (χ1v) is 8.28. The van der Waals surface area contributed by atoms with Crippen molar-refractivity contribution >= 4 is 22.0 Å². The Labute approximate surface area is 143 Å². The quantitative estimate of drug-likeness (QED) is 0.792. The molecule has 1 aliphatic rings. The molecular formula is C18H17BrFNO2. The molecule has 23 heavy (non-hydrogen) atoms. The minimum Gasteiger partial charge on any atom is -0.445 e. The van der Waals surface area contributed by atoms with E-state index in [-0.39, 0.29) is 13.2 Å². The number of alkyl halides is 1. The third kappa shape index (κ3) is 3.91. The fraction of sp³-hybridized carbons (Fsp3) is 0.278.